The van der Waals surface area contributed by atoms with Crippen molar-refractivity contribution in [1.29, 1.82) is 0 Å². The van der Waals surface area contributed by atoms with Crippen LogP contribution < -0.4 is 0 Å². The van der Waals surface area contributed by atoms with Gasteiger partial charge in [0.25, 0.3) is 11.8 Å². The maximum atomic E-state index is 13.9. The Morgan fingerprint density at radius 3 is 2.03 bits per heavy atom. The molecule has 2 aromatic carbocycles. The summed E-state index contributed by atoms with van der Waals surface area (Å²) in [6.45, 7) is 4.08. The highest BCUT2D eigenvalue weighted by Gasteiger charge is 2.55. The fourth-order valence-electron chi connectivity index (χ4n) is 5.59. The van der Waals surface area contributed by atoms with Crippen molar-refractivity contribution in [2.75, 3.05) is 45.9 Å². The van der Waals surface area contributed by atoms with Crippen molar-refractivity contribution in [2.45, 2.75) is 31.5 Å². The molecule has 3 fully saturated rings. The Labute approximate surface area is 226 Å². The van der Waals surface area contributed by atoms with Crippen molar-refractivity contribution < 1.29 is 23.9 Å². The molecule has 3 heterocycles. The van der Waals surface area contributed by atoms with E-state index in [4.69, 9.17) is 16.3 Å². The molecule has 3 aliphatic rings. The zero-order chi connectivity index (χ0) is 26.9. The fraction of sp³-hybridized carbons (Fsp3) is 0.429. The first kappa shape index (κ1) is 26.2. The summed E-state index contributed by atoms with van der Waals surface area (Å²) < 4.78 is 6.31. The third-order valence-corrected chi connectivity index (χ3v) is 8.09. The van der Waals surface area contributed by atoms with Crippen molar-refractivity contribution >= 4 is 35.2 Å². The zero-order valence-electron chi connectivity index (χ0n) is 21.3. The minimum Gasteiger partial charge on any atom is -0.353 e. The van der Waals surface area contributed by atoms with Gasteiger partial charge in [0.2, 0.25) is 11.8 Å². The number of nitrogens with zero attached hydrogens (tertiary/aromatic N) is 4. The van der Waals surface area contributed by atoms with E-state index in [0.29, 0.717) is 68.3 Å². The first-order valence-electron chi connectivity index (χ1n) is 12.9. The van der Waals surface area contributed by atoms with Crippen molar-refractivity contribution in [2.24, 2.45) is 0 Å². The largest absolute Gasteiger partial charge is 0.353 e. The van der Waals surface area contributed by atoms with Gasteiger partial charge in [-0.1, -0.05) is 41.9 Å². The number of carbonyl (C=O) groups excluding carboxylic acids is 4. The molecule has 3 aliphatic heterocycles. The number of amides is 4. The van der Waals surface area contributed by atoms with Crippen LogP contribution in [0.15, 0.2) is 54.6 Å². The van der Waals surface area contributed by atoms with Crippen LogP contribution in [0.2, 0.25) is 5.02 Å². The molecule has 0 unspecified atom stereocenters. The van der Waals surface area contributed by atoms with Crippen LogP contribution in [0.5, 0.6) is 0 Å². The number of likely N-dealkylation sites (tertiary alicyclic amines) is 1. The summed E-state index contributed by atoms with van der Waals surface area (Å²) in [5, 5.41) is 0.395. The Morgan fingerprint density at radius 1 is 0.789 bits per heavy atom. The number of hydrogen-bond acceptors (Lipinski definition) is 5. The van der Waals surface area contributed by atoms with Gasteiger partial charge in [0.05, 0.1) is 17.2 Å². The van der Waals surface area contributed by atoms with Crippen molar-refractivity contribution in [3.8, 4) is 0 Å². The molecule has 0 aromatic heterocycles. The SMILES string of the molecule is CC(=O)N1CCN(C(=O)[C@@H]2COC3(CCN(C(=O)c4ccccc4Cl)CC3)N2C(=O)c2ccccc2)CC1. The normalized spacial score (nSPS) is 21.1. The number of piperazine rings is 1. The Kier molecular flexibility index (Phi) is 7.40. The summed E-state index contributed by atoms with van der Waals surface area (Å²) in [6.07, 6.45) is 0.757. The molecular weight excluding hydrogens is 508 g/mol. The van der Waals surface area contributed by atoms with Gasteiger partial charge >= 0.3 is 0 Å². The molecule has 0 saturated carbocycles. The lowest BCUT2D eigenvalue weighted by atomic mass is 9.96. The van der Waals surface area contributed by atoms with Crippen molar-refractivity contribution in [3.05, 3.63) is 70.7 Å². The number of carbonyl (C=O) groups is 4. The van der Waals surface area contributed by atoms with Crippen LogP contribution in [0.4, 0.5) is 0 Å². The van der Waals surface area contributed by atoms with Crippen LogP contribution in [-0.2, 0) is 14.3 Å². The molecule has 0 aliphatic carbocycles. The smallest absolute Gasteiger partial charge is 0.256 e. The first-order valence-corrected chi connectivity index (χ1v) is 13.3. The Balaban J connectivity index is 1.37. The molecule has 0 N–H and O–H groups in total. The van der Waals surface area contributed by atoms with Gasteiger partial charge in [-0.2, -0.15) is 0 Å². The third-order valence-electron chi connectivity index (χ3n) is 7.76. The number of halogens is 1. The molecule has 200 valence electrons. The molecule has 5 rings (SSSR count). The van der Waals surface area contributed by atoms with E-state index in [1.54, 1.807) is 68.1 Å². The molecule has 38 heavy (non-hydrogen) atoms. The van der Waals surface area contributed by atoms with E-state index in [1.165, 1.54) is 6.92 Å². The van der Waals surface area contributed by atoms with Crippen molar-refractivity contribution in [3.63, 3.8) is 0 Å². The maximum absolute atomic E-state index is 13.9. The molecule has 3 saturated heterocycles. The Morgan fingerprint density at radius 2 is 1.39 bits per heavy atom. The molecule has 10 heteroatoms. The van der Waals surface area contributed by atoms with E-state index in [1.807, 2.05) is 6.07 Å². The molecule has 4 amide bonds. The molecular formula is C28H31ClN4O5. The second-order valence-electron chi connectivity index (χ2n) is 9.92. The van der Waals surface area contributed by atoms with Gasteiger partial charge in [0.1, 0.15) is 11.8 Å². The summed E-state index contributed by atoms with van der Waals surface area (Å²) in [7, 11) is 0. The zero-order valence-corrected chi connectivity index (χ0v) is 22.1. The van der Waals surface area contributed by atoms with Crippen LogP contribution in [0.3, 0.4) is 0 Å². The van der Waals surface area contributed by atoms with Gasteiger partial charge in [-0.25, -0.2) is 0 Å². The van der Waals surface area contributed by atoms with Gasteiger partial charge in [-0.3, -0.25) is 24.1 Å². The van der Waals surface area contributed by atoms with Crippen LogP contribution in [0.25, 0.3) is 0 Å². The monoisotopic (exact) mass is 538 g/mol. The second kappa shape index (κ2) is 10.7. The van der Waals surface area contributed by atoms with E-state index in [0.717, 1.165) is 0 Å². The molecule has 1 atom stereocenters. The van der Waals surface area contributed by atoms with Crippen LogP contribution in [-0.4, -0.2) is 101 Å². The molecule has 1 spiro atoms. The van der Waals surface area contributed by atoms with Crippen LogP contribution in [0, 0.1) is 0 Å². The Bertz CT molecular complexity index is 1220. The van der Waals surface area contributed by atoms with Gasteiger partial charge in [-0.15, -0.1) is 0 Å². The summed E-state index contributed by atoms with van der Waals surface area (Å²) in [4.78, 5) is 59.2. The highest BCUT2D eigenvalue weighted by atomic mass is 35.5. The third kappa shape index (κ3) is 4.88. The highest BCUT2D eigenvalue weighted by Crippen LogP contribution is 2.39. The minimum atomic E-state index is -0.994. The number of hydrogen-bond donors (Lipinski definition) is 0. The predicted octanol–water partition coefficient (Wildman–Crippen LogP) is 2.50. The second-order valence-corrected chi connectivity index (χ2v) is 10.3. The number of ether oxygens (including phenoxy) is 1. The van der Waals surface area contributed by atoms with Crippen molar-refractivity contribution in [1.82, 2.24) is 19.6 Å². The summed E-state index contributed by atoms with van der Waals surface area (Å²) in [5.41, 5.74) is -0.0790. The van der Waals surface area contributed by atoms with Gasteiger partial charge < -0.3 is 19.4 Å². The molecule has 0 radical (unpaired) electrons. The number of piperidine rings is 1. The van der Waals surface area contributed by atoms with Crippen LogP contribution >= 0.6 is 11.6 Å². The van der Waals surface area contributed by atoms with Crippen LogP contribution in [0.1, 0.15) is 40.5 Å². The predicted molar refractivity (Wildman–Crippen MR) is 141 cm³/mol. The van der Waals surface area contributed by atoms with E-state index < -0.39 is 11.8 Å². The standard InChI is InChI=1S/C28H31ClN4O5/c1-20(34)30-15-17-32(18-16-30)27(37)24-19-38-28(33(24)25(35)21-7-3-2-4-8-21)11-13-31(14-12-28)26(36)22-9-5-6-10-23(22)29/h2-10,24H,11-19H2,1H3/t24-/m0/s1. The lowest BCUT2D eigenvalue weighted by Gasteiger charge is -2.45. The van der Waals surface area contributed by atoms with Gasteiger partial charge in [0, 0.05) is 64.6 Å². The van der Waals surface area contributed by atoms with E-state index >= 15 is 0 Å². The molecule has 0 bridgehead atoms. The van der Waals surface area contributed by atoms with E-state index in [-0.39, 0.29) is 30.2 Å². The fourth-order valence-corrected chi connectivity index (χ4v) is 5.81. The summed E-state index contributed by atoms with van der Waals surface area (Å²) in [6, 6.07) is 15.0. The first-order chi connectivity index (χ1) is 18.3. The van der Waals surface area contributed by atoms with E-state index in [2.05, 4.69) is 0 Å². The number of benzene rings is 2. The average molecular weight is 539 g/mol. The van der Waals surface area contributed by atoms with E-state index in [9.17, 15) is 19.2 Å². The highest BCUT2D eigenvalue weighted by molar-refractivity contribution is 6.33. The summed E-state index contributed by atoms with van der Waals surface area (Å²) in [5.74, 6) is -0.627. The summed E-state index contributed by atoms with van der Waals surface area (Å²) >= 11 is 6.26. The lowest BCUT2D eigenvalue weighted by molar-refractivity contribution is -0.142. The topological polar surface area (TPSA) is 90.5 Å². The minimum absolute atomic E-state index is 0.0146. The maximum Gasteiger partial charge on any atom is 0.256 e. The van der Waals surface area contributed by atoms with Gasteiger partial charge in [0.15, 0.2) is 0 Å². The van der Waals surface area contributed by atoms with Gasteiger partial charge in [-0.05, 0) is 24.3 Å². The number of rotatable bonds is 3. The lowest BCUT2D eigenvalue weighted by Crippen LogP contribution is -2.61. The quantitative estimate of drug-likeness (QED) is 0.599. The Hall–Kier alpha value is -3.43. The average Bonchev–Trinajstić information content (AvgIpc) is 3.31. The molecule has 9 nitrogen and oxygen atoms in total. The molecule has 2 aromatic rings.